The third-order valence-corrected chi connectivity index (χ3v) is 4.91. The summed E-state index contributed by atoms with van der Waals surface area (Å²) in [6.45, 7) is 2.48. The molecule has 2 heterocycles. The Morgan fingerprint density at radius 1 is 1.41 bits per heavy atom. The molecule has 0 spiro atoms. The number of carbonyl (C=O) groups is 1. The fourth-order valence-electron chi connectivity index (χ4n) is 2.60. The van der Waals surface area contributed by atoms with Gasteiger partial charge in [0.2, 0.25) is 4.96 Å². The quantitative estimate of drug-likeness (QED) is 0.629. The standard InChI is InChI=1S/C17H18ClN5O3S/c1-10-6-16(25)23-17(19-10)27-15(21-23)9-22(2)8-14(24)20-12-7-11(18)4-5-13(12)26-3/h4-7H,8-9H2,1-3H3,(H,20,24)/p+1. The van der Waals surface area contributed by atoms with Gasteiger partial charge in [-0.15, -0.1) is 0 Å². The first-order chi connectivity index (χ1) is 12.9. The van der Waals surface area contributed by atoms with Crippen molar-refractivity contribution < 1.29 is 14.4 Å². The van der Waals surface area contributed by atoms with E-state index in [1.807, 2.05) is 7.05 Å². The molecule has 0 aliphatic carbocycles. The number of aryl methyl sites for hydroxylation is 1. The van der Waals surface area contributed by atoms with Gasteiger partial charge >= 0.3 is 0 Å². The summed E-state index contributed by atoms with van der Waals surface area (Å²) in [5, 5.41) is 8.34. The van der Waals surface area contributed by atoms with E-state index in [2.05, 4.69) is 15.4 Å². The summed E-state index contributed by atoms with van der Waals surface area (Å²) < 4.78 is 6.52. The van der Waals surface area contributed by atoms with Crippen LogP contribution < -0.4 is 20.5 Å². The van der Waals surface area contributed by atoms with Crippen LogP contribution >= 0.6 is 22.9 Å². The van der Waals surface area contributed by atoms with Crippen LogP contribution in [0.5, 0.6) is 5.75 Å². The summed E-state index contributed by atoms with van der Waals surface area (Å²) >= 11 is 7.32. The lowest BCUT2D eigenvalue weighted by atomic mass is 10.3. The number of hydrogen-bond donors (Lipinski definition) is 2. The van der Waals surface area contributed by atoms with E-state index in [-0.39, 0.29) is 18.0 Å². The average Bonchev–Trinajstić information content (AvgIpc) is 2.97. The number of likely N-dealkylation sites (N-methyl/N-ethyl adjacent to an activating group) is 1. The van der Waals surface area contributed by atoms with Gasteiger partial charge in [0.15, 0.2) is 11.6 Å². The Kier molecular flexibility index (Phi) is 5.73. The van der Waals surface area contributed by atoms with Crippen LogP contribution in [0.4, 0.5) is 5.69 Å². The second kappa shape index (κ2) is 8.03. The number of aromatic nitrogens is 3. The smallest absolute Gasteiger partial charge is 0.279 e. The van der Waals surface area contributed by atoms with E-state index in [1.165, 1.54) is 29.0 Å². The number of quaternary nitrogens is 1. The molecule has 1 atom stereocenters. The molecule has 1 amide bonds. The molecular formula is C17H19ClN5O3S+. The van der Waals surface area contributed by atoms with E-state index >= 15 is 0 Å². The molecule has 2 N–H and O–H groups in total. The molecule has 0 bridgehead atoms. The van der Waals surface area contributed by atoms with E-state index in [0.29, 0.717) is 33.7 Å². The summed E-state index contributed by atoms with van der Waals surface area (Å²) in [5.41, 5.74) is 0.975. The number of hydrogen-bond acceptors (Lipinski definition) is 6. The van der Waals surface area contributed by atoms with Crippen LogP contribution in [0.1, 0.15) is 10.7 Å². The van der Waals surface area contributed by atoms with Gasteiger partial charge in [-0.1, -0.05) is 22.9 Å². The molecule has 10 heteroatoms. The molecule has 0 aliphatic heterocycles. The Hall–Kier alpha value is -2.49. The maximum atomic E-state index is 12.3. The maximum Gasteiger partial charge on any atom is 0.279 e. The number of nitrogens with one attached hydrogen (secondary N) is 2. The van der Waals surface area contributed by atoms with Crippen molar-refractivity contribution in [1.82, 2.24) is 14.6 Å². The molecular weight excluding hydrogens is 390 g/mol. The predicted octanol–water partition coefficient (Wildman–Crippen LogP) is 0.775. The van der Waals surface area contributed by atoms with E-state index in [1.54, 1.807) is 25.1 Å². The molecule has 0 saturated carbocycles. The van der Waals surface area contributed by atoms with Crippen LogP contribution in [0.3, 0.4) is 0 Å². The van der Waals surface area contributed by atoms with Crippen LogP contribution in [0.25, 0.3) is 4.96 Å². The molecule has 3 rings (SSSR count). The highest BCUT2D eigenvalue weighted by molar-refractivity contribution is 7.16. The lowest BCUT2D eigenvalue weighted by molar-refractivity contribution is -0.885. The van der Waals surface area contributed by atoms with Crippen LogP contribution in [0, 0.1) is 6.92 Å². The van der Waals surface area contributed by atoms with Crippen LogP contribution in [-0.2, 0) is 11.3 Å². The number of benzene rings is 1. The SMILES string of the molecule is COc1ccc(Cl)cc1NC(=O)C[NH+](C)Cc1nn2c(=O)cc(C)nc2s1. The number of fused-ring (bicyclic) bond motifs is 1. The topological polar surface area (TPSA) is 90.0 Å². The molecule has 0 radical (unpaired) electrons. The number of methoxy groups -OCH3 is 1. The van der Waals surface area contributed by atoms with Gasteiger partial charge in [-0.3, -0.25) is 9.59 Å². The van der Waals surface area contributed by atoms with Crippen molar-refractivity contribution in [2.24, 2.45) is 0 Å². The first kappa shape index (κ1) is 19.3. The Labute approximate surface area is 164 Å². The Balaban J connectivity index is 1.66. The molecule has 0 fully saturated rings. The molecule has 27 heavy (non-hydrogen) atoms. The largest absolute Gasteiger partial charge is 0.495 e. The van der Waals surface area contributed by atoms with Gasteiger partial charge in [-0.05, 0) is 25.1 Å². The lowest BCUT2D eigenvalue weighted by Crippen LogP contribution is -3.08. The number of carbonyl (C=O) groups excluding carboxylic acids is 1. The van der Waals surface area contributed by atoms with Crippen LogP contribution in [-0.4, -0.2) is 41.2 Å². The van der Waals surface area contributed by atoms with Gasteiger partial charge in [-0.2, -0.15) is 9.61 Å². The molecule has 142 valence electrons. The summed E-state index contributed by atoms with van der Waals surface area (Å²) in [5.74, 6) is 0.359. The fourth-order valence-corrected chi connectivity index (χ4v) is 3.83. The molecule has 1 aromatic carbocycles. The summed E-state index contributed by atoms with van der Waals surface area (Å²) in [6.07, 6.45) is 0. The Bertz CT molecular complexity index is 1050. The highest BCUT2D eigenvalue weighted by atomic mass is 35.5. The third-order valence-electron chi connectivity index (χ3n) is 3.77. The number of ether oxygens (including phenoxy) is 1. The molecule has 1 unspecified atom stereocenters. The second-order valence-electron chi connectivity index (χ2n) is 6.13. The van der Waals surface area contributed by atoms with E-state index < -0.39 is 0 Å². The Morgan fingerprint density at radius 3 is 2.93 bits per heavy atom. The molecule has 2 aromatic heterocycles. The molecule has 3 aromatic rings. The van der Waals surface area contributed by atoms with Gasteiger partial charge in [-0.25, -0.2) is 4.98 Å². The number of amides is 1. The summed E-state index contributed by atoms with van der Waals surface area (Å²) in [4.78, 5) is 30.1. The summed E-state index contributed by atoms with van der Waals surface area (Å²) in [6, 6.07) is 6.47. The van der Waals surface area contributed by atoms with Crippen molar-refractivity contribution >= 4 is 39.5 Å². The number of nitrogens with zero attached hydrogens (tertiary/aromatic N) is 3. The average molecular weight is 409 g/mol. The van der Waals surface area contributed by atoms with Gasteiger partial charge in [0.25, 0.3) is 11.5 Å². The normalized spacial score (nSPS) is 12.1. The monoisotopic (exact) mass is 408 g/mol. The number of halogens is 1. The molecule has 0 aliphatic rings. The van der Waals surface area contributed by atoms with Crippen LogP contribution in [0.2, 0.25) is 5.02 Å². The molecule has 0 saturated heterocycles. The van der Waals surface area contributed by atoms with E-state index in [0.717, 1.165) is 9.91 Å². The lowest BCUT2D eigenvalue weighted by Gasteiger charge is -2.14. The van der Waals surface area contributed by atoms with E-state index in [4.69, 9.17) is 16.3 Å². The van der Waals surface area contributed by atoms with Crippen LogP contribution in [0.15, 0.2) is 29.1 Å². The first-order valence-electron chi connectivity index (χ1n) is 8.17. The minimum Gasteiger partial charge on any atom is -0.495 e. The van der Waals surface area contributed by atoms with Gasteiger partial charge in [0, 0.05) is 16.8 Å². The van der Waals surface area contributed by atoms with Crippen molar-refractivity contribution in [3.05, 3.63) is 50.3 Å². The minimum atomic E-state index is -0.205. The zero-order valence-electron chi connectivity index (χ0n) is 15.1. The zero-order chi connectivity index (χ0) is 19.6. The number of rotatable bonds is 6. The van der Waals surface area contributed by atoms with Gasteiger partial charge in [0.05, 0.1) is 19.8 Å². The fraction of sp³-hybridized carbons (Fsp3) is 0.294. The van der Waals surface area contributed by atoms with Gasteiger partial charge in [0.1, 0.15) is 12.3 Å². The second-order valence-corrected chi connectivity index (χ2v) is 7.61. The van der Waals surface area contributed by atoms with Crippen molar-refractivity contribution in [1.29, 1.82) is 0 Å². The van der Waals surface area contributed by atoms with Gasteiger partial charge < -0.3 is 15.0 Å². The summed E-state index contributed by atoms with van der Waals surface area (Å²) in [7, 11) is 3.41. The zero-order valence-corrected chi connectivity index (χ0v) is 16.6. The van der Waals surface area contributed by atoms with Crippen molar-refractivity contribution in [3.8, 4) is 5.75 Å². The minimum absolute atomic E-state index is 0.180. The highest BCUT2D eigenvalue weighted by Gasteiger charge is 2.16. The first-order valence-corrected chi connectivity index (χ1v) is 9.36. The number of anilines is 1. The molecule has 8 nitrogen and oxygen atoms in total. The van der Waals surface area contributed by atoms with Crippen molar-refractivity contribution in [2.75, 3.05) is 26.0 Å². The third kappa shape index (κ3) is 4.62. The van der Waals surface area contributed by atoms with Crippen molar-refractivity contribution in [2.45, 2.75) is 13.5 Å². The maximum absolute atomic E-state index is 12.3. The van der Waals surface area contributed by atoms with E-state index in [9.17, 15) is 9.59 Å². The highest BCUT2D eigenvalue weighted by Crippen LogP contribution is 2.27. The predicted molar refractivity (Wildman–Crippen MR) is 104 cm³/mol. The van der Waals surface area contributed by atoms with Crippen molar-refractivity contribution in [3.63, 3.8) is 0 Å². The Morgan fingerprint density at radius 2 is 2.19 bits per heavy atom.